The number of hydrogen-bond acceptors (Lipinski definition) is 10. The fourth-order valence-electron chi connectivity index (χ4n) is 5.40. The lowest BCUT2D eigenvalue weighted by atomic mass is 9.98. The number of nitrogens with zero attached hydrogens (tertiary/aromatic N) is 5. The van der Waals surface area contributed by atoms with Crippen LogP contribution in [0.3, 0.4) is 0 Å². The van der Waals surface area contributed by atoms with Crippen LogP contribution in [0.4, 0.5) is 14.4 Å². The molecule has 3 fully saturated rings. The fourth-order valence-corrected chi connectivity index (χ4v) is 5.79. The molecule has 0 unspecified atom stereocenters. The summed E-state index contributed by atoms with van der Waals surface area (Å²) in [7, 11) is -4.84. The van der Waals surface area contributed by atoms with Gasteiger partial charge >= 0.3 is 28.6 Å². The summed E-state index contributed by atoms with van der Waals surface area (Å²) in [4.78, 5) is 43.2. The molecule has 1 aromatic rings. The van der Waals surface area contributed by atoms with E-state index in [1.165, 1.54) is 4.90 Å². The van der Waals surface area contributed by atoms with Crippen molar-refractivity contribution in [3.8, 4) is 0 Å². The summed E-state index contributed by atoms with van der Waals surface area (Å²) >= 11 is 0. The number of carbonyl (C=O) groups is 3. The van der Waals surface area contributed by atoms with E-state index >= 15 is 0 Å². The number of piperidine rings is 2. The number of carbonyl (C=O) groups excluding carboxylic acids is 3. The molecule has 4 amide bonds. The van der Waals surface area contributed by atoms with Gasteiger partial charge < -0.3 is 28.7 Å². The summed E-state index contributed by atoms with van der Waals surface area (Å²) in [5.41, 5.74) is -0.791. The summed E-state index contributed by atoms with van der Waals surface area (Å²) in [6, 6.07) is -0.0829. The highest BCUT2D eigenvalue weighted by molar-refractivity contribution is 7.80. The second-order valence-electron chi connectivity index (χ2n) is 12.9. The van der Waals surface area contributed by atoms with Gasteiger partial charge in [-0.15, -0.1) is 4.28 Å². The monoisotopic (exact) mass is 615 g/mol. The van der Waals surface area contributed by atoms with Gasteiger partial charge in [0, 0.05) is 44.7 Å². The molecular weight excluding hydrogens is 574 g/mol. The van der Waals surface area contributed by atoms with Crippen molar-refractivity contribution in [2.45, 2.75) is 103 Å². The van der Waals surface area contributed by atoms with Gasteiger partial charge in [0.25, 0.3) is 0 Å². The lowest BCUT2D eigenvalue weighted by Gasteiger charge is -2.39. The number of hydroxylamine groups is 2. The highest BCUT2D eigenvalue weighted by Crippen LogP contribution is 2.38. The van der Waals surface area contributed by atoms with E-state index in [-0.39, 0.29) is 25.2 Å². The van der Waals surface area contributed by atoms with Gasteiger partial charge in [-0.05, 0) is 67.2 Å². The summed E-state index contributed by atoms with van der Waals surface area (Å²) in [5, 5.41) is 4.84. The molecule has 4 rings (SSSR count). The maximum Gasteiger partial charge on any atom is 0.418 e. The summed E-state index contributed by atoms with van der Waals surface area (Å²) in [5.74, 6) is 0.504. The van der Waals surface area contributed by atoms with Crippen molar-refractivity contribution < 1.29 is 45.6 Å². The second kappa shape index (κ2) is 11.9. The van der Waals surface area contributed by atoms with Gasteiger partial charge in [-0.25, -0.2) is 14.4 Å². The smallest absolute Gasteiger partial charge is 0.418 e. The third-order valence-electron chi connectivity index (χ3n) is 7.20. The Balaban J connectivity index is 1.40. The van der Waals surface area contributed by atoms with Crippen LogP contribution in [0.15, 0.2) is 10.6 Å². The highest BCUT2D eigenvalue weighted by atomic mass is 32.3. The van der Waals surface area contributed by atoms with E-state index in [1.807, 2.05) is 20.8 Å². The Labute approximate surface area is 245 Å². The first-order chi connectivity index (χ1) is 19.4. The van der Waals surface area contributed by atoms with Crippen LogP contribution in [0.2, 0.25) is 0 Å². The van der Waals surface area contributed by atoms with Crippen LogP contribution in [-0.4, -0.2) is 106 Å². The van der Waals surface area contributed by atoms with Gasteiger partial charge in [0.1, 0.15) is 22.7 Å². The van der Waals surface area contributed by atoms with Crippen molar-refractivity contribution >= 4 is 28.6 Å². The zero-order valence-corrected chi connectivity index (χ0v) is 25.8. The van der Waals surface area contributed by atoms with E-state index < -0.39 is 45.8 Å². The molecule has 236 valence electrons. The van der Waals surface area contributed by atoms with E-state index in [9.17, 15) is 22.8 Å². The van der Waals surface area contributed by atoms with Crippen molar-refractivity contribution in [3.63, 3.8) is 0 Å². The Morgan fingerprint density at radius 2 is 1.71 bits per heavy atom. The molecule has 2 atom stereocenters. The van der Waals surface area contributed by atoms with Crippen molar-refractivity contribution in [1.29, 1.82) is 0 Å². The van der Waals surface area contributed by atoms with Gasteiger partial charge in [-0.3, -0.25) is 4.55 Å². The first-order valence-corrected chi connectivity index (χ1v) is 15.5. The zero-order chi connectivity index (χ0) is 31.0. The van der Waals surface area contributed by atoms with E-state index in [1.54, 1.807) is 36.6 Å². The Bertz CT molecular complexity index is 1260. The van der Waals surface area contributed by atoms with E-state index in [0.29, 0.717) is 61.7 Å². The molecule has 0 aliphatic carbocycles. The molecule has 1 N–H and O–H groups in total. The minimum atomic E-state index is -4.84. The van der Waals surface area contributed by atoms with Crippen LogP contribution in [0, 0.1) is 0 Å². The van der Waals surface area contributed by atoms with Crippen LogP contribution in [0.25, 0.3) is 0 Å². The maximum absolute atomic E-state index is 13.2. The summed E-state index contributed by atoms with van der Waals surface area (Å²) < 4.78 is 52.6. The predicted octanol–water partition coefficient (Wildman–Crippen LogP) is 3.53. The predicted molar refractivity (Wildman–Crippen MR) is 146 cm³/mol. The number of rotatable bonds is 7. The van der Waals surface area contributed by atoms with Crippen molar-refractivity contribution in [3.05, 3.63) is 17.5 Å². The van der Waals surface area contributed by atoms with Gasteiger partial charge in [0.15, 0.2) is 0 Å². The maximum atomic E-state index is 13.2. The molecule has 4 heterocycles. The summed E-state index contributed by atoms with van der Waals surface area (Å²) in [6.07, 6.45) is 1.55. The topological polar surface area (TPSA) is 172 Å². The molecule has 16 heteroatoms. The van der Waals surface area contributed by atoms with Gasteiger partial charge in [-0.2, -0.15) is 13.5 Å². The molecule has 0 saturated carbocycles. The number of hydrogen-bond donors (Lipinski definition) is 1. The van der Waals surface area contributed by atoms with Crippen molar-refractivity contribution in [2.75, 3.05) is 26.2 Å². The molecule has 42 heavy (non-hydrogen) atoms. The third kappa shape index (κ3) is 8.04. The molecule has 15 nitrogen and oxygen atoms in total. The Kier molecular flexibility index (Phi) is 9.00. The third-order valence-corrected chi connectivity index (χ3v) is 7.55. The van der Waals surface area contributed by atoms with E-state index in [2.05, 4.69) is 9.44 Å². The molecule has 3 saturated heterocycles. The van der Waals surface area contributed by atoms with Gasteiger partial charge in [0.05, 0.1) is 12.1 Å². The Morgan fingerprint density at radius 3 is 2.31 bits per heavy atom. The number of aromatic nitrogens is 1. The second-order valence-corrected chi connectivity index (χ2v) is 13.9. The molecule has 2 bridgehead atoms. The number of amides is 4. The average molecular weight is 616 g/mol. The Morgan fingerprint density at radius 1 is 1.07 bits per heavy atom. The quantitative estimate of drug-likeness (QED) is 0.445. The van der Waals surface area contributed by atoms with Crippen LogP contribution in [0.5, 0.6) is 0 Å². The molecular formula is C26H41N5O10S. The molecule has 0 aromatic carbocycles. The van der Waals surface area contributed by atoms with Crippen LogP contribution in [-0.2, 0) is 30.6 Å². The normalized spacial score (nSPS) is 22.0. The zero-order valence-electron chi connectivity index (χ0n) is 24.9. The standard InChI is InChI=1S/C26H41N5O10S/c1-25(2,3)38-23(33)28-12-9-17(10-13-28)29(24(34)39-26(4,5)6)14-11-19-15-20(27-40-19)21-8-7-18-16-30(21)22(32)31(18)41-42(35,36)37/h15,17-18,21H,7-14,16H2,1-6H3,(H,35,36,37)/t18-,21-/m0/s1. The van der Waals surface area contributed by atoms with Crippen LogP contribution >= 0.6 is 0 Å². The van der Waals surface area contributed by atoms with Gasteiger partial charge in [0.2, 0.25) is 0 Å². The lowest BCUT2D eigenvalue weighted by molar-refractivity contribution is -0.0317. The number of urea groups is 1. The van der Waals surface area contributed by atoms with E-state index in [4.69, 9.17) is 18.5 Å². The number of ether oxygens (including phenoxy) is 2. The minimum Gasteiger partial charge on any atom is -0.444 e. The van der Waals surface area contributed by atoms with Gasteiger partial charge in [-0.1, -0.05) is 5.16 Å². The number of likely N-dealkylation sites (tertiary alicyclic amines) is 1. The van der Waals surface area contributed by atoms with Crippen LogP contribution < -0.4 is 0 Å². The lowest BCUT2D eigenvalue weighted by Crippen LogP contribution is -2.51. The van der Waals surface area contributed by atoms with Crippen molar-refractivity contribution in [2.24, 2.45) is 0 Å². The first-order valence-electron chi connectivity index (χ1n) is 14.1. The van der Waals surface area contributed by atoms with E-state index in [0.717, 1.165) is 0 Å². The number of fused-ring (bicyclic) bond motifs is 2. The van der Waals surface area contributed by atoms with Crippen molar-refractivity contribution in [1.82, 2.24) is 24.9 Å². The molecule has 1 aromatic heterocycles. The highest BCUT2D eigenvalue weighted by Gasteiger charge is 2.48. The average Bonchev–Trinajstić information content (AvgIpc) is 3.41. The molecule has 0 spiro atoms. The minimum absolute atomic E-state index is 0.160. The SMILES string of the molecule is CC(C)(C)OC(=O)N1CCC(N(CCc2cc([C@@H]3CC[C@H]4CN3C(=O)N4OS(=O)(=O)O)no2)C(=O)OC(C)(C)C)CC1. The molecule has 3 aliphatic rings. The Hall–Kier alpha value is -3.11. The van der Waals surface area contributed by atoms with Crippen LogP contribution in [0.1, 0.15) is 84.7 Å². The first kappa shape index (κ1) is 31.8. The largest absolute Gasteiger partial charge is 0.444 e. The molecule has 0 radical (unpaired) electrons. The summed E-state index contributed by atoms with van der Waals surface area (Å²) in [6.45, 7) is 12.2. The fraction of sp³-hybridized carbons (Fsp3) is 0.769. The molecule has 3 aliphatic heterocycles.